The number of carboxylic acids is 1. The first-order chi connectivity index (χ1) is 24.4. The van der Waals surface area contributed by atoms with Gasteiger partial charge in [0.15, 0.2) is 0 Å². The number of nitrogens with zero attached hydrogens (tertiary/aromatic N) is 1. The lowest BCUT2D eigenvalue weighted by atomic mass is 9.33. The van der Waals surface area contributed by atoms with Gasteiger partial charge < -0.3 is 10.4 Å². The van der Waals surface area contributed by atoms with E-state index in [9.17, 15) is 18.5 Å². The molecule has 7 heteroatoms. The summed E-state index contributed by atoms with van der Waals surface area (Å²) in [6, 6.07) is 0.464. The molecule has 4 saturated carbocycles. The Morgan fingerprint density at radius 3 is 2.38 bits per heavy atom. The molecule has 2 saturated heterocycles. The SMILES string of the molecule is C=C(C)[C@@H]1CC[C@]2(NCCN3C[C@@H]4C[C@@H]3CS4(=C)=O)CC[C@]3(C)[C@H](CC[C@@H]4[C@@]5(C)CC=C(C6=CC[C@](CF)(C(=O)O)CC6)C(C)(C)[C@@H]5CC[C@]43C)[C@@H]12. The van der Waals surface area contributed by atoms with Crippen molar-refractivity contribution in [1.29, 1.82) is 0 Å². The summed E-state index contributed by atoms with van der Waals surface area (Å²) < 4.78 is 26.8. The zero-order chi connectivity index (χ0) is 37.3. The van der Waals surface area contributed by atoms with Gasteiger partial charge in [-0.3, -0.25) is 13.9 Å². The van der Waals surface area contributed by atoms with Gasteiger partial charge in [0.25, 0.3) is 0 Å². The van der Waals surface area contributed by atoms with Crippen molar-refractivity contribution < 1.29 is 18.5 Å². The molecule has 2 aliphatic heterocycles. The molecule has 0 aromatic rings. The second-order valence-electron chi connectivity index (χ2n) is 21.0. The van der Waals surface area contributed by atoms with Crippen LogP contribution in [0.5, 0.6) is 0 Å². The lowest BCUT2D eigenvalue weighted by Gasteiger charge is -2.72. The summed E-state index contributed by atoms with van der Waals surface area (Å²) in [6.07, 6.45) is 18.4. The molecule has 6 aliphatic carbocycles. The van der Waals surface area contributed by atoms with Crippen LogP contribution >= 0.6 is 0 Å². The highest BCUT2D eigenvalue weighted by Crippen LogP contribution is 2.76. The summed E-state index contributed by atoms with van der Waals surface area (Å²) in [7, 11) is -1.87. The largest absolute Gasteiger partial charge is 0.481 e. The number of hydrogen-bond acceptors (Lipinski definition) is 4. The maximum Gasteiger partial charge on any atom is 0.312 e. The van der Waals surface area contributed by atoms with Gasteiger partial charge >= 0.3 is 5.97 Å². The van der Waals surface area contributed by atoms with Gasteiger partial charge in [0.1, 0.15) is 6.67 Å². The maximum absolute atomic E-state index is 14.0. The molecule has 8 rings (SSSR count). The lowest BCUT2D eigenvalue weighted by molar-refractivity contribution is -0.221. The van der Waals surface area contributed by atoms with Gasteiger partial charge in [-0.1, -0.05) is 58.9 Å². The van der Waals surface area contributed by atoms with E-state index in [2.05, 4.69) is 76.4 Å². The number of aliphatic carboxylic acids is 1. The number of halogens is 1. The highest BCUT2D eigenvalue weighted by Gasteiger charge is 2.70. The first-order valence-corrected chi connectivity index (χ1v) is 23.0. The Hall–Kier alpha value is -1.44. The number of rotatable bonds is 8. The fraction of sp³-hybridized carbons (Fsp3) is 0.822. The summed E-state index contributed by atoms with van der Waals surface area (Å²) >= 11 is 0. The third-order valence-corrected chi connectivity index (χ3v) is 21.3. The number of nitrogens with one attached hydrogen (secondary N) is 1. The molecule has 0 aromatic carbocycles. The van der Waals surface area contributed by atoms with Crippen molar-refractivity contribution in [2.45, 2.75) is 142 Å². The van der Waals surface area contributed by atoms with E-state index in [1.807, 2.05) is 0 Å². The lowest BCUT2D eigenvalue weighted by Crippen LogP contribution is -2.68. The van der Waals surface area contributed by atoms with E-state index in [1.165, 1.54) is 68.1 Å². The standard InChI is InChI=1S/C45H69FN2O3S/c1-29(2)33-13-20-45(47-23-24-48-26-32-25-31(48)27-52(32,8)51)22-21-42(6)35(38(33)45)9-10-37-41(5)16-14-34(40(3,4)36(41)15-17-43(37,42)7)30-11-18-44(28-46,19-12-30)39(49)50/h11,14,31-33,35-38,47H,1,8-10,12-13,15-28H2,2-7H3,(H,49,50)/t31-,32+,33+,35-,36+,37-,38-,41+,42-,43-,44+,45+,52?/m1/s1. The van der Waals surface area contributed by atoms with Gasteiger partial charge in [-0.25, -0.2) is 4.39 Å². The highest BCUT2D eigenvalue weighted by atomic mass is 32.2. The number of fused-ring (bicyclic) bond motifs is 9. The normalized spacial score (nSPS) is 50.7. The first kappa shape index (κ1) is 37.5. The zero-order valence-corrected chi connectivity index (χ0v) is 34.2. The molecule has 2 heterocycles. The van der Waals surface area contributed by atoms with Crippen LogP contribution in [-0.2, 0) is 14.3 Å². The summed E-state index contributed by atoms with van der Waals surface area (Å²) in [6.45, 7) is 22.2. The van der Waals surface area contributed by atoms with E-state index < -0.39 is 27.6 Å². The van der Waals surface area contributed by atoms with Gasteiger partial charge in [-0.15, -0.1) is 0 Å². The summed E-state index contributed by atoms with van der Waals surface area (Å²) in [5, 5.41) is 14.4. The van der Waals surface area contributed by atoms with Crippen molar-refractivity contribution in [3.63, 3.8) is 0 Å². The summed E-state index contributed by atoms with van der Waals surface area (Å²) in [5.41, 5.74) is 3.81. The van der Waals surface area contributed by atoms with Crippen molar-refractivity contribution in [2.75, 3.05) is 32.1 Å². The molecular weight excluding hydrogens is 668 g/mol. The Bertz CT molecular complexity index is 1680. The molecule has 0 spiro atoms. The minimum Gasteiger partial charge on any atom is -0.481 e. The van der Waals surface area contributed by atoms with E-state index in [0.29, 0.717) is 60.1 Å². The predicted molar refractivity (Wildman–Crippen MR) is 213 cm³/mol. The number of carboxylic acid groups (broad SMARTS) is 1. The number of hydrogen-bond donors (Lipinski definition) is 2. The van der Waals surface area contributed by atoms with Crippen LogP contribution in [0.4, 0.5) is 4.39 Å². The molecule has 52 heavy (non-hydrogen) atoms. The third kappa shape index (κ3) is 5.11. The molecule has 0 amide bonds. The van der Waals surface area contributed by atoms with E-state index in [0.717, 1.165) is 38.2 Å². The van der Waals surface area contributed by atoms with Crippen molar-refractivity contribution in [1.82, 2.24) is 10.2 Å². The summed E-state index contributed by atoms with van der Waals surface area (Å²) in [5.74, 6) is 7.06. The van der Waals surface area contributed by atoms with E-state index in [1.54, 1.807) is 0 Å². The molecule has 6 fully saturated rings. The summed E-state index contributed by atoms with van der Waals surface area (Å²) in [4.78, 5) is 14.6. The molecule has 0 radical (unpaired) electrons. The molecule has 1 unspecified atom stereocenters. The second-order valence-corrected chi connectivity index (χ2v) is 23.7. The molecule has 5 nitrogen and oxygen atoms in total. The van der Waals surface area contributed by atoms with Crippen LogP contribution in [0.2, 0.25) is 0 Å². The topological polar surface area (TPSA) is 69.6 Å². The van der Waals surface area contributed by atoms with Gasteiger partial charge in [-0.05, 0) is 168 Å². The van der Waals surface area contributed by atoms with Gasteiger partial charge in [0, 0.05) is 42.2 Å². The predicted octanol–water partition coefficient (Wildman–Crippen LogP) is 8.85. The van der Waals surface area contributed by atoms with Crippen LogP contribution in [0.15, 0.2) is 35.5 Å². The monoisotopic (exact) mass is 737 g/mol. The van der Waals surface area contributed by atoms with Crippen LogP contribution in [0.1, 0.15) is 125 Å². The van der Waals surface area contributed by atoms with E-state index in [4.69, 9.17) is 0 Å². The van der Waals surface area contributed by atoms with Crippen molar-refractivity contribution in [3.8, 4) is 0 Å². The van der Waals surface area contributed by atoms with Gasteiger partial charge in [0.2, 0.25) is 0 Å². The minimum atomic E-state index is -1.87. The molecule has 2 N–H and O–H groups in total. The van der Waals surface area contributed by atoms with Crippen LogP contribution in [0, 0.1) is 56.7 Å². The Balaban J connectivity index is 1.04. The van der Waals surface area contributed by atoms with Crippen molar-refractivity contribution in [3.05, 3.63) is 35.5 Å². The van der Waals surface area contributed by atoms with Crippen molar-refractivity contribution >= 4 is 21.4 Å². The molecule has 2 bridgehead atoms. The van der Waals surface area contributed by atoms with Crippen LogP contribution < -0.4 is 5.32 Å². The molecule has 8 aliphatic rings. The Kier molecular flexibility index (Phi) is 8.85. The molecule has 13 atom stereocenters. The zero-order valence-electron chi connectivity index (χ0n) is 33.3. The highest BCUT2D eigenvalue weighted by molar-refractivity contribution is 8.01. The quantitative estimate of drug-likeness (QED) is 0.193. The smallest absolute Gasteiger partial charge is 0.312 e. The fourth-order valence-electron chi connectivity index (χ4n) is 15.7. The van der Waals surface area contributed by atoms with Crippen LogP contribution in [0.25, 0.3) is 0 Å². The van der Waals surface area contributed by atoms with Crippen molar-refractivity contribution in [2.24, 2.45) is 56.7 Å². The third-order valence-electron chi connectivity index (χ3n) is 18.8. The second kappa shape index (κ2) is 12.3. The average molecular weight is 737 g/mol. The molecule has 290 valence electrons. The molecule has 0 aromatic heterocycles. The van der Waals surface area contributed by atoms with E-state index >= 15 is 0 Å². The first-order valence-electron chi connectivity index (χ1n) is 21.1. The molecular formula is C45H69FN2O3S. The van der Waals surface area contributed by atoms with E-state index in [-0.39, 0.29) is 27.2 Å². The average Bonchev–Trinajstić information content (AvgIpc) is 3.75. The van der Waals surface area contributed by atoms with Gasteiger partial charge in [-0.2, -0.15) is 0 Å². The maximum atomic E-state index is 14.0. The number of carbonyl (C=O) groups is 1. The fourth-order valence-corrected chi connectivity index (χ4v) is 18.0. The van der Waals surface area contributed by atoms with Crippen LogP contribution in [0.3, 0.4) is 0 Å². The Morgan fingerprint density at radius 2 is 1.77 bits per heavy atom. The van der Waals surface area contributed by atoms with Gasteiger partial charge in [0.05, 0.1) is 5.41 Å². The number of allylic oxidation sites excluding steroid dienone is 5. The minimum absolute atomic E-state index is 0.00201. The van der Waals surface area contributed by atoms with Crippen LogP contribution in [-0.4, -0.2) is 74.9 Å². The Labute approximate surface area is 315 Å². The Morgan fingerprint density at radius 1 is 1.00 bits per heavy atom. The number of likely N-dealkylation sites (tertiary alicyclic amines) is 1. The number of alkyl halides is 1.